The highest BCUT2D eigenvalue weighted by Crippen LogP contribution is 2.35. The number of nitrogens with zero attached hydrogens (tertiary/aromatic N) is 2. The second-order valence-electron chi connectivity index (χ2n) is 7.35. The highest BCUT2D eigenvalue weighted by molar-refractivity contribution is 7.89. The number of alkyl halides is 3. The van der Waals surface area contributed by atoms with Crippen LogP contribution in [0.15, 0.2) is 54.1 Å². The number of nitrogens with one attached hydrogen (secondary N) is 1. The average Bonchev–Trinajstić information content (AvgIpc) is 3.01. The summed E-state index contributed by atoms with van der Waals surface area (Å²) in [4.78, 5) is 15.2. The van der Waals surface area contributed by atoms with Crippen molar-refractivity contribution in [2.24, 2.45) is 0 Å². The van der Waals surface area contributed by atoms with Gasteiger partial charge in [0, 0.05) is 25.3 Å². The summed E-state index contributed by atoms with van der Waals surface area (Å²) in [7, 11) is -3.85. The van der Waals surface area contributed by atoms with Gasteiger partial charge in [-0.2, -0.15) is 17.5 Å². The molecule has 2 aromatic rings. The van der Waals surface area contributed by atoms with Crippen LogP contribution >= 0.6 is 11.6 Å². The number of carbonyl (C=O) groups excluding carboxylic acids is 1. The zero-order valence-corrected chi connectivity index (χ0v) is 18.9. The van der Waals surface area contributed by atoms with E-state index in [0.29, 0.717) is 31.6 Å². The van der Waals surface area contributed by atoms with E-state index in [0.717, 1.165) is 12.5 Å². The minimum absolute atomic E-state index is 0.0111. The molecule has 33 heavy (non-hydrogen) atoms. The zero-order chi connectivity index (χ0) is 24.2. The molecular weight excluding hydrogens is 483 g/mol. The number of hydrogen-bond donors (Lipinski definition) is 1. The molecule has 1 N–H and O–H groups in total. The Morgan fingerprint density at radius 2 is 1.97 bits per heavy atom. The molecule has 0 spiro atoms. The molecule has 1 atom stereocenters. The Morgan fingerprint density at radius 3 is 2.58 bits per heavy atom. The molecule has 0 saturated carbocycles. The fourth-order valence-electron chi connectivity index (χ4n) is 3.30. The number of amides is 1. The first-order valence-electron chi connectivity index (χ1n) is 9.94. The minimum Gasteiger partial charge on any atom is -0.438 e. The van der Waals surface area contributed by atoms with Gasteiger partial charge in [0.25, 0.3) is 0 Å². The Kier molecular flexibility index (Phi) is 7.65. The van der Waals surface area contributed by atoms with Crippen molar-refractivity contribution in [2.45, 2.75) is 36.4 Å². The monoisotopic (exact) mass is 503 g/mol. The molecule has 0 aliphatic carbocycles. The molecule has 7 nitrogen and oxygen atoms in total. The molecule has 1 unspecified atom stereocenters. The summed E-state index contributed by atoms with van der Waals surface area (Å²) < 4.78 is 71.2. The maximum atomic E-state index is 13.1. The molecule has 12 heteroatoms. The largest absolute Gasteiger partial charge is 0.438 e. The first-order valence-corrected chi connectivity index (χ1v) is 11.8. The Morgan fingerprint density at radius 1 is 1.27 bits per heavy atom. The van der Waals surface area contributed by atoms with Crippen LogP contribution in [0.4, 0.5) is 13.2 Å². The third-order valence-electron chi connectivity index (χ3n) is 4.98. The van der Waals surface area contributed by atoms with Gasteiger partial charge >= 0.3 is 6.18 Å². The van der Waals surface area contributed by atoms with Crippen LogP contribution in [0.5, 0.6) is 11.6 Å². The van der Waals surface area contributed by atoms with Crippen LogP contribution in [0.3, 0.4) is 0 Å². The van der Waals surface area contributed by atoms with Crippen LogP contribution in [-0.2, 0) is 21.0 Å². The normalized spacial score (nSPS) is 17.8. The van der Waals surface area contributed by atoms with Gasteiger partial charge in [0.2, 0.25) is 21.8 Å². The Labute approximate surface area is 194 Å². The Bertz CT molecular complexity index is 1120. The van der Waals surface area contributed by atoms with Gasteiger partial charge in [-0.25, -0.2) is 13.4 Å². The van der Waals surface area contributed by atoms with Gasteiger partial charge in [-0.05, 0) is 49.2 Å². The molecule has 1 aliphatic rings. The van der Waals surface area contributed by atoms with E-state index in [4.69, 9.17) is 16.3 Å². The van der Waals surface area contributed by atoms with Gasteiger partial charge in [-0.1, -0.05) is 24.6 Å². The first kappa shape index (κ1) is 25.0. The van der Waals surface area contributed by atoms with Crippen molar-refractivity contribution in [3.63, 3.8) is 0 Å². The maximum Gasteiger partial charge on any atom is 0.417 e. The van der Waals surface area contributed by atoms with Crippen LogP contribution in [-0.4, -0.2) is 42.7 Å². The molecule has 3 rings (SSSR count). The van der Waals surface area contributed by atoms with Gasteiger partial charge in [0.15, 0.2) is 0 Å². The second-order valence-corrected chi connectivity index (χ2v) is 9.70. The quantitative estimate of drug-likeness (QED) is 0.591. The van der Waals surface area contributed by atoms with Crippen LogP contribution in [0, 0.1) is 0 Å². The van der Waals surface area contributed by atoms with Crippen molar-refractivity contribution >= 4 is 27.5 Å². The van der Waals surface area contributed by atoms with E-state index >= 15 is 0 Å². The summed E-state index contributed by atoms with van der Waals surface area (Å²) in [6, 6.07) is 5.73. The van der Waals surface area contributed by atoms with E-state index in [2.05, 4.69) is 16.9 Å². The van der Waals surface area contributed by atoms with Crippen LogP contribution in [0.2, 0.25) is 5.02 Å². The lowest BCUT2D eigenvalue weighted by atomic mass is 10.1. The highest BCUT2D eigenvalue weighted by atomic mass is 35.5. The summed E-state index contributed by atoms with van der Waals surface area (Å²) in [5.74, 6) is -0.458. The van der Waals surface area contributed by atoms with Crippen LogP contribution in [0.25, 0.3) is 0 Å². The number of halogens is 4. The van der Waals surface area contributed by atoms with E-state index in [1.165, 1.54) is 28.6 Å². The SMILES string of the molecule is C=CC(=O)NC1CCCCN(S(=O)(=O)c2ccc(Oc3ncc(C(F)(F)F)cc3Cl)cc2)C1. The molecule has 2 heterocycles. The smallest absolute Gasteiger partial charge is 0.417 e. The number of ether oxygens (including phenoxy) is 1. The molecule has 1 aromatic carbocycles. The van der Waals surface area contributed by atoms with Gasteiger partial charge in [-0.15, -0.1) is 0 Å². The minimum atomic E-state index is -4.59. The summed E-state index contributed by atoms with van der Waals surface area (Å²) in [6.45, 7) is 3.85. The number of carbonyl (C=O) groups is 1. The Balaban J connectivity index is 1.74. The summed E-state index contributed by atoms with van der Waals surface area (Å²) in [5, 5.41) is 2.41. The summed E-state index contributed by atoms with van der Waals surface area (Å²) in [6.07, 6.45) is -0.785. The molecular formula is C21H21ClF3N3O4S. The number of rotatable bonds is 6. The van der Waals surface area contributed by atoms with E-state index in [1.807, 2.05) is 0 Å². The fourth-order valence-corrected chi connectivity index (χ4v) is 5.03. The third kappa shape index (κ3) is 6.24. The predicted octanol–water partition coefficient (Wildman–Crippen LogP) is 4.39. The van der Waals surface area contributed by atoms with Crippen molar-refractivity contribution in [3.05, 3.63) is 59.8 Å². The lowest BCUT2D eigenvalue weighted by Gasteiger charge is -2.24. The molecule has 1 aromatic heterocycles. The number of sulfonamides is 1. The lowest BCUT2D eigenvalue weighted by Crippen LogP contribution is -2.44. The standard InChI is InChI=1S/C21H21ClF3N3O4S/c1-2-19(29)27-15-5-3-4-10-28(13-15)33(30,31)17-8-6-16(7-9-17)32-20-18(22)11-14(12-26-20)21(23,24)25/h2,6-9,11-12,15H,1,3-5,10,13H2,(H,27,29). The van der Waals surface area contributed by atoms with Crippen molar-refractivity contribution in [2.75, 3.05) is 13.1 Å². The van der Waals surface area contributed by atoms with Crippen molar-refractivity contribution in [3.8, 4) is 11.6 Å². The van der Waals surface area contributed by atoms with E-state index in [-0.39, 0.29) is 40.0 Å². The Hall–Kier alpha value is -2.63. The van der Waals surface area contributed by atoms with Gasteiger partial charge < -0.3 is 10.1 Å². The van der Waals surface area contributed by atoms with E-state index in [1.54, 1.807) is 0 Å². The van der Waals surface area contributed by atoms with Crippen LogP contribution < -0.4 is 10.1 Å². The molecule has 1 amide bonds. The van der Waals surface area contributed by atoms with Crippen molar-refractivity contribution < 1.29 is 31.1 Å². The predicted molar refractivity (Wildman–Crippen MR) is 116 cm³/mol. The van der Waals surface area contributed by atoms with E-state index < -0.39 is 21.8 Å². The van der Waals surface area contributed by atoms with Crippen molar-refractivity contribution in [1.29, 1.82) is 0 Å². The first-order chi connectivity index (χ1) is 15.5. The number of aromatic nitrogens is 1. The summed E-state index contributed by atoms with van der Waals surface area (Å²) >= 11 is 5.84. The second kappa shape index (κ2) is 10.1. The van der Waals surface area contributed by atoms with Crippen molar-refractivity contribution in [1.82, 2.24) is 14.6 Å². The average molecular weight is 504 g/mol. The topological polar surface area (TPSA) is 88.6 Å². The number of hydrogen-bond acceptors (Lipinski definition) is 5. The number of pyridine rings is 1. The van der Waals surface area contributed by atoms with E-state index in [9.17, 15) is 26.4 Å². The molecule has 178 valence electrons. The third-order valence-corrected chi connectivity index (χ3v) is 7.13. The highest BCUT2D eigenvalue weighted by Gasteiger charge is 2.32. The zero-order valence-electron chi connectivity index (χ0n) is 17.3. The fraction of sp³-hybridized carbons (Fsp3) is 0.333. The maximum absolute atomic E-state index is 13.1. The molecule has 0 radical (unpaired) electrons. The molecule has 1 saturated heterocycles. The number of benzene rings is 1. The molecule has 1 aliphatic heterocycles. The van der Waals surface area contributed by atoms with Gasteiger partial charge in [-0.3, -0.25) is 4.79 Å². The lowest BCUT2D eigenvalue weighted by molar-refractivity contribution is -0.137. The molecule has 1 fully saturated rings. The van der Waals surface area contributed by atoms with Gasteiger partial charge in [0.1, 0.15) is 10.8 Å². The molecule has 0 bridgehead atoms. The van der Waals surface area contributed by atoms with Gasteiger partial charge in [0.05, 0.1) is 10.5 Å². The summed E-state index contributed by atoms with van der Waals surface area (Å²) in [5.41, 5.74) is -1.01. The van der Waals surface area contributed by atoms with Crippen LogP contribution in [0.1, 0.15) is 24.8 Å².